The van der Waals surface area contributed by atoms with Gasteiger partial charge < -0.3 is 49.3 Å². The van der Waals surface area contributed by atoms with Gasteiger partial charge in [0.25, 0.3) is 0 Å². The second-order valence-corrected chi connectivity index (χ2v) is 17.4. The number of carbonyl (C=O) groups excluding carboxylic acids is 2. The predicted molar refractivity (Wildman–Crippen MR) is 112 cm³/mol. The van der Waals surface area contributed by atoms with Crippen molar-refractivity contribution in [1.29, 1.82) is 0 Å². The monoisotopic (exact) mass is 906 g/mol. The van der Waals surface area contributed by atoms with Crippen molar-refractivity contribution >= 4 is 52.0 Å². The van der Waals surface area contributed by atoms with Crippen molar-refractivity contribution in [2.24, 2.45) is 0 Å². The van der Waals surface area contributed by atoms with E-state index in [2.05, 4.69) is 7.32 Å². The molecule has 0 aliphatic carbocycles. The van der Waals surface area contributed by atoms with Crippen LogP contribution in [0.5, 0.6) is 0 Å². The molecule has 0 aromatic heterocycles. The van der Waals surface area contributed by atoms with Gasteiger partial charge in [0.2, 0.25) is 0 Å². The summed E-state index contributed by atoms with van der Waals surface area (Å²) < 4.78 is 48.8. The standard InChI is InChI=1S/C6H10O7.C6H9O7.3Na.9H2O.3O.2Sb/c2*7-1-2(8)3(9)4(10)5(11)6(12)13;;;;;;;;;;;;;;;;;/h2-5,7-8,10H,1H2,(H,12,13);2-5,8,10H,1H2,(H,12,13);;;;9*1H2;;;;;/q-2;-3;3*+1;;;;;;;;;;;;;2*+2/p-2. The molecule has 10 atom stereocenters. The number of carboxylic acids is 2. The van der Waals surface area contributed by atoms with Crippen LogP contribution in [0.4, 0.5) is 0 Å². The molecule has 0 aromatic carbocycles. The molecule has 31 heteroatoms. The number of hydrogen-bond donors (Lipinski definition) is 5. The quantitative estimate of drug-likeness (QED) is 0.141. The Bertz CT molecular complexity index is 732. The summed E-state index contributed by atoms with van der Waals surface area (Å²) in [5.41, 5.74) is 0. The number of carbonyl (C=O) groups is 2. The summed E-state index contributed by atoms with van der Waals surface area (Å²) in [6.45, 7) is -2.50. The van der Waals surface area contributed by atoms with E-state index in [4.69, 9.17) is 11.1 Å². The third-order valence-electron chi connectivity index (χ3n) is 4.06. The Morgan fingerprint density at radius 3 is 1.19 bits per heavy atom. The molecule has 2 aliphatic rings. The van der Waals surface area contributed by atoms with Crippen molar-refractivity contribution in [3.8, 4) is 0 Å². The van der Waals surface area contributed by atoms with E-state index in [9.17, 15) is 51.4 Å². The van der Waals surface area contributed by atoms with Crippen LogP contribution in [0.1, 0.15) is 0 Å². The minimum absolute atomic E-state index is 0. The van der Waals surface area contributed by atoms with E-state index in [1.165, 1.54) is 0 Å². The topological polar surface area (TPSA) is 568 Å². The zero-order valence-electron chi connectivity index (χ0n) is 22.6. The predicted octanol–water partition coefficient (Wildman–Crippen LogP) is -25.8. The van der Waals surface area contributed by atoms with Crippen molar-refractivity contribution in [3.05, 3.63) is 0 Å². The number of aliphatic hydroxyl groups excluding tert-OH is 5. The largest absolute Gasteiger partial charge is 1.00 e. The van der Waals surface area contributed by atoms with Gasteiger partial charge in [0.1, 0.15) is 0 Å². The summed E-state index contributed by atoms with van der Waals surface area (Å²) in [4.78, 5) is 22.3. The zero-order chi connectivity index (χ0) is 23.7. The van der Waals surface area contributed by atoms with Crippen LogP contribution in [0, 0.1) is 0 Å². The maximum absolute atomic E-state index is 12.9. The minimum atomic E-state index is -6.60. The third kappa shape index (κ3) is 19.2. The summed E-state index contributed by atoms with van der Waals surface area (Å²) in [5.74, 6) is -4.36. The average molecular weight is 908 g/mol. The van der Waals surface area contributed by atoms with Crippen molar-refractivity contribution in [1.82, 2.24) is 0 Å². The van der Waals surface area contributed by atoms with E-state index in [0.717, 1.165) is 0 Å². The number of aliphatic carboxylic acids is 2. The summed E-state index contributed by atoms with van der Waals surface area (Å²) in [7, 11) is 0. The fourth-order valence-corrected chi connectivity index (χ4v) is 17.6. The molecule has 0 aromatic rings. The van der Waals surface area contributed by atoms with E-state index >= 15 is 0 Å². The van der Waals surface area contributed by atoms with Gasteiger partial charge in [0.05, 0.1) is 0 Å². The van der Waals surface area contributed by atoms with E-state index in [1.807, 2.05) is 0 Å². The first-order valence-electron chi connectivity index (χ1n) is 8.25. The van der Waals surface area contributed by atoms with Crippen molar-refractivity contribution in [3.63, 3.8) is 0 Å². The molecule has 0 amide bonds. The van der Waals surface area contributed by atoms with Crippen molar-refractivity contribution in [2.45, 2.75) is 48.8 Å². The van der Waals surface area contributed by atoms with Crippen LogP contribution >= 0.6 is 0 Å². The maximum atomic E-state index is 12.9. The summed E-state index contributed by atoms with van der Waals surface area (Å²) in [6.07, 6.45) is -18.0. The Morgan fingerprint density at radius 2 is 0.953 bits per heavy atom. The van der Waals surface area contributed by atoms with Crippen LogP contribution in [-0.2, 0) is 29.0 Å². The first-order chi connectivity index (χ1) is 14.3. The molecule has 0 saturated carbocycles. The van der Waals surface area contributed by atoms with Crippen molar-refractivity contribution < 1.29 is 208 Å². The molecule has 26 nitrogen and oxygen atoms in total. The number of carboxylic acid groups (broad SMARTS) is 2. The normalized spacial score (nSPS) is 31.1. The summed E-state index contributed by atoms with van der Waals surface area (Å²) >= 11 is -13.2. The maximum Gasteiger partial charge on any atom is 1.00 e. The molecule has 0 radical (unpaired) electrons. The Labute approximate surface area is 318 Å². The molecule has 2 rings (SSSR count). The number of aliphatic hydroxyl groups is 5. The Morgan fingerprint density at radius 1 is 0.674 bits per heavy atom. The molecule has 252 valence electrons. The second-order valence-electron chi connectivity index (χ2n) is 6.27. The second kappa shape index (κ2) is 31.6. The van der Waals surface area contributed by atoms with Crippen LogP contribution in [-0.4, -0.2) is 189 Å². The third-order valence-corrected chi connectivity index (χ3v) is 18.5. The Balaban J connectivity index is -0.0000000948. The Kier molecular flexibility index (Phi) is 55.6. The number of hydrogen-bond acceptors (Lipinski definition) is 17. The van der Waals surface area contributed by atoms with Gasteiger partial charge in [-0.2, -0.15) is 0 Å². The average Bonchev–Trinajstić information content (AvgIpc) is 2.69. The number of rotatable bonds is 8. The molecule has 43 heavy (non-hydrogen) atoms. The first-order valence-corrected chi connectivity index (χ1v) is 16.6. The van der Waals surface area contributed by atoms with Crippen molar-refractivity contribution in [2.75, 3.05) is 13.2 Å². The van der Waals surface area contributed by atoms with Gasteiger partial charge in [-0.05, 0) is 0 Å². The van der Waals surface area contributed by atoms with Gasteiger partial charge >= 0.3 is 273 Å². The van der Waals surface area contributed by atoms with E-state index in [-0.39, 0.29) is 138 Å². The van der Waals surface area contributed by atoms with Crippen LogP contribution in [0.15, 0.2) is 0 Å². The van der Waals surface area contributed by atoms with Crippen LogP contribution < -0.4 is 104 Å². The molecule has 10 unspecified atom stereocenters. The minimum Gasteiger partial charge on any atom is 1.00 e. The van der Waals surface area contributed by atoms with Crippen LogP contribution in [0.2, 0.25) is 0 Å². The molecule has 2 aliphatic heterocycles. The van der Waals surface area contributed by atoms with Gasteiger partial charge in [0.15, 0.2) is 0 Å². The van der Waals surface area contributed by atoms with Gasteiger partial charge in [-0.1, -0.05) is 0 Å². The fraction of sp³-hybridized carbons (Fsp3) is 0.833. The molecule has 2 fully saturated rings. The van der Waals surface area contributed by atoms with E-state index in [0.29, 0.717) is 0 Å². The molecule has 2 saturated heterocycles. The summed E-state index contributed by atoms with van der Waals surface area (Å²) in [6, 6.07) is 0. The zero-order valence-corrected chi connectivity index (χ0v) is 33.7. The molecule has 23 N–H and O–H groups in total. The Hall–Kier alpha value is 2.38. The van der Waals surface area contributed by atoms with Crippen LogP contribution in [0.25, 0.3) is 0 Å². The molecule has 0 spiro atoms. The molecule has 2 heterocycles. The molecular weight excluding hydrogens is 873 g/mol. The molecular formula is C12H35Na3O26Sb2. The van der Waals surface area contributed by atoms with E-state index < -0.39 is 114 Å². The van der Waals surface area contributed by atoms with Gasteiger partial charge in [-0.15, -0.1) is 0 Å². The fourth-order valence-electron chi connectivity index (χ4n) is 2.58. The smallest absolute Gasteiger partial charge is 1.00 e. The van der Waals surface area contributed by atoms with E-state index in [1.54, 1.807) is 0 Å². The van der Waals surface area contributed by atoms with Gasteiger partial charge in [0, 0.05) is 0 Å². The van der Waals surface area contributed by atoms with Gasteiger partial charge in [-0.3, -0.25) is 0 Å². The van der Waals surface area contributed by atoms with Crippen LogP contribution in [0.3, 0.4) is 0 Å². The summed E-state index contributed by atoms with van der Waals surface area (Å²) in [5, 5.41) is 81.3. The van der Waals surface area contributed by atoms with Gasteiger partial charge in [-0.25, -0.2) is 0 Å². The SMILES string of the molecule is O.O.O.O.O.O.O.O.O.O=C([O-])C1[O][Sb](=[O])([O][Sb]2(=[O])[O]C(C(=O)[O-])C(O)C(C(O)CO)[O]2)[O]C(C(O)C[O-])C1O.[Na+].[Na+].[Na+]. The first kappa shape index (κ1) is 75.6. The molecule has 0 bridgehead atoms.